The molecule has 1 atom stereocenters. The van der Waals surface area contributed by atoms with E-state index in [1.54, 1.807) is 7.11 Å². The first kappa shape index (κ1) is 17.8. The molecule has 0 fully saturated rings. The maximum absolute atomic E-state index is 9.51. The van der Waals surface area contributed by atoms with Gasteiger partial charge in [-0.2, -0.15) is 5.48 Å². The largest absolute Gasteiger partial charge is 0.389 e. The third-order valence-electron chi connectivity index (χ3n) is 2.14. The van der Waals surface area contributed by atoms with Gasteiger partial charge in [0.1, 0.15) is 0 Å². The second kappa shape index (κ2) is 14.8. The molecular formula is C12H27NO5. The van der Waals surface area contributed by atoms with E-state index in [0.29, 0.717) is 33.0 Å². The minimum atomic E-state index is -0.580. The summed E-state index contributed by atoms with van der Waals surface area (Å²) in [6.07, 6.45) is 1.63. The first-order valence-electron chi connectivity index (χ1n) is 6.48. The van der Waals surface area contributed by atoms with Crippen molar-refractivity contribution >= 4 is 0 Å². The van der Waals surface area contributed by atoms with Crippen LogP contribution in [-0.4, -0.2) is 64.5 Å². The van der Waals surface area contributed by atoms with E-state index < -0.39 is 6.10 Å². The highest BCUT2D eigenvalue weighted by Crippen LogP contribution is 1.89. The van der Waals surface area contributed by atoms with Crippen LogP contribution in [0.15, 0.2) is 0 Å². The molecule has 0 bridgehead atoms. The fourth-order valence-corrected chi connectivity index (χ4v) is 1.10. The Hall–Kier alpha value is -0.240. The molecule has 0 radical (unpaired) electrons. The van der Waals surface area contributed by atoms with Crippen molar-refractivity contribution in [3.8, 4) is 0 Å². The summed E-state index contributed by atoms with van der Waals surface area (Å²) in [4.78, 5) is 5.00. The van der Waals surface area contributed by atoms with Crippen LogP contribution in [0.25, 0.3) is 0 Å². The van der Waals surface area contributed by atoms with Gasteiger partial charge in [-0.3, -0.25) is 4.84 Å². The summed E-state index contributed by atoms with van der Waals surface area (Å²) in [5.41, 5.74) is 2.65. The minimum Gasteiger partial charge on any atom is -0.389 e. The lowest BCUT2D eigenvalue weighted by molar-refractivity contribution is -0.0356. The summed E-state index contributed by atoms with van der Waals surface area (Å²) < 4.78 is 15.4. The van der Waals surface area contributed by atoms with Gasteiger partial charge < -0.3 is 19.3 Å². The van der Waals surface area contributed by atoms with E-state index in [1.807, 2.05) is 0 Å². The van der Waals surface area contributed by atoms with Crippen LogP contribution in [-0.2, 0) is 19.0 Å². The second-order valence-electron chi connectivity index (χ2n) is 3.88. The van der Waals surface area contributed by atoms with Crippen molar-refractivity contribution in [2.45, 2.75) is 25.9 Å². The zero-order valence-electron chi connectivity index (χ0n) is 11.5. The number of hydrogen-bond donors (Lipinski definition) is 2. The lowest BCUT2D eigenvalue weighted by Gasteiger charge is -2.12. The molecule has 6 nitrogen and oxygen atoms in total. The van der Waals surface area contributed by atoms with Gasteiger partial charge in [0.25, 0.3) is 0 Å². The molecule has 0 saturated heterocycles. The first-order chi connectivity index (χ1) is 8.81. The minimum absolute atomic E-state index is 0.276. The Morgan fingerprint density at radius 2 is 1.83 bits per heavy atom. The Morgan fingerprint density at radius 3 is 2.56 bits per heavy atom. The van der Waals surface area contributed by atoms with Crippen LogP contribution in [0.1, 0.15) is 19.8 Å². The molecule has 0 rings (SSSR count). The number of aliphatic hydroxyl groups excluding tert-OH is 1. The van der Waals surface area contributed by atoms with E-state index in [4.69, 9.17) is 19.0 Å². The molecule has 0 spiro atoms. The van der Waals surface area contributed by atoms with Gasteiger partial charge in [-0.15, -0.1) is 0 Å². The normalized spacial score (nSPS) is 12.8. The van der Waals surface area contributed by atoms with Crippen LogP contribution in [0.5, 0.6) is 0 Å². The number of methoxy groups -OCH3 is 1. The molecule has 0 heterocycles. The van der Waals surface area contributed by atoms with E-state index in [9.17, 15) is 5.11 Å². The molecule has 0 aromatic carbocycles. The summed E-state index contributed by atoms with van der Waals surface area (Å²) >= 11 is 0. The van der Waals surface area contributed by atoms with Crippen molar-refractivity contribution < 1.29 is 24.2 Å². The summed E-state index contributed by atoms with van der Waals surface area (Å²) in [7, 11) is 1.61. The third kappa shape index (κ3) is 13.8. The van der Waals surface area contributed by atoms with Crippen LogP contribution in [0, 0.1) is 0 Å². The molecule has 2 N–H and O–H groups in total. The quantitative estimate of drug-likeness (QED) is 0.349. The zero-order chi connectivity index (χ0) is 13.5. The van der Waals surface area contributed by atoms with Crippen molar-refractivity contribution in [2.75, 3.05) is 53.3 Å². The van der Waals surface area contributed by atoms with Crippen LogP contribution >= 0.6 is 0 Å². The van der Waals surface area contributed by atoms with Crippen LogP contribution < -0.4 is 5.48 Å². The molecule has 0 amide bonds. The van der Waals surface area contributed by atoms with E-state index in [2.05, 4.69) is 12.4 Å². The fraction of sp³-hybridized carbons (Fsp3) is 1.00. The van der Waals surface area contributed by atoms with Gasteiger partial charge in [0.05, 0.1) is 39.1 Å². The predicted molar refractivity (Wildman–Crippen MR) is 68.4 cm³/mol. The molecule has 0 aliphatic rings. The number of unbranched alkanes of at least 4 members (excludes halogenated alkanes) is 1. The van der Waals surface area contributed by atoms with Gasteiger partial charge in [-0.25, -0.2) is 0 Å². The average molecular weight is 265 g/mol. The van der Waals surface area contributed by atoms with Crippen molar-refractivity contribution in [3.63, 3.8) is 0 Å². The fourth-order valence-electron chi connectivity index (χ4n) is 1.10. The van der Waals surface area contributed by atoms with Gasteiger partial charge in [0.15, 0.2) is 0 Å². The number of ether oxygens (including phenoxy) is 3. The Morgan fingerprint density at radius 1 is 1.06 bits per heavy atom. The summed E-state index contributed by atoms with van der Waals surface area (Å²) in [6, 6.07) is 0. The Labute approximate surface area is 110 Å². The smallest absolute Gasteiger partial charge is 0.0920 e. The number of nitrogens with one attached hydrogen (secondary N) is 1. The molecule has 110 valence electrons. The van der Waals surface area contributed by atoms with E-state index in [-0.39, 0.29) is 6.61 Å². The highest BCUT2D eigenvalue weighted by molar-refractivity contribution is 4.53. The SMILES string of the molecule is CCCCOCCOCC(O)CNOCCOC. The number of hydrogen-bond acceptors (Lipinski definition) is 6. The van der Waals surface area contributed by atoms with E-state index in [1.165, 1.54) is 0 Å². The van der Waals surface area contributed by atoms with Gasteiger partial charge in [0, 0.05) is 20.3 Å². The lowest BCUT2D eigenvalue weighted by Crippen LogP contribution is -2.31. The molecular weight excluding hydrogens is 238 g/mol. The summed E-state index contributed by atoms with van der Waals surface area (Å²) in [6.45, 7) is 5.56. The molecule has 0 aliphatic carbocycles. The number of aliphatic hydroxyl groups is 1. The van der Waals surface area contributed by atoms with E-state index in [0.717, 1.165) is 19.4 Å². The van der Waals surface area contributed by atoms with Crippen molar-refractivity contribution in [3.05, 3.63) is 0 Å². The summed E-state index contributed by atoms with van der Waals surface area (Å²) in [5, 5.41) is 9.51. The van der Waals surface area contributed by atoms with Gasteiger partial charge in [-0.05, 0) is 6.42 Å². The molecule has 0 aromatic heterocycles. The molecule has 0 saturated carbocycles. The number of rotatable bonds is 14. The van der Waals surface area contributed by atoms with Crippen LogP contribution in [0.3, 0.4) is 0 Å². The highest BCUT2D eigenvalue weighted by Gasteiger charge is 2.03. The highest BCUT2D eigenvalue weighted by atomic mass is 16.7. The first-order valence-corrected chi connectivity index (χ1v) is 6.48. The lowest BCUT2D eigenvalue weighted by atomic mass is 10.4. The Bertz CT molecular complexity index is 159. The summed E-state index contributed by atoms with van der Waals surface area (Å²) in [5.74, 6) is 0. The predicted octanol–water partition coefficient (Wildman–Crippen LogP) is 0.348. The standard InChI is InChI=1S/C12H27NO5/c1-3-4-5-16-7-8-17-11-12(14)10-13-18-9-6-15-2/h12-14H,3-11H2,1-2H3. The molecule has 0 aromatic rings. The Kier molecular flexibility index (Phi) is 14.6. The van der Waals surface area contributed by atoms with Gasteiger partial charge in [-0.1, -0.05) is 13.3 Å². The van der Waals surface area contributed by atoms with Gasteiger partial charge >= 0.3 is 0 Å². The second-order valence-corrected chi connectivity index (χ2v) is 3.88. The van der Waals surface area contributed by atoms with Crippen molar-refractivity contribution in [1.29, 1.82) is 0 Å². The van der Waals surface area contributed by atoms with Crippen LogP contribution in [0.4, 0.5) is 0 Å². The molecule has 6 heteroatoms. The average Bonchev–Trinajstić information content (AvgIpc) is 2.37. The van der Waals surface area contributed by atoms with Crippen molar-refractivity contribution in [1.82, 2.24) is 5.48 Å². The monoisotopic (exact) mass is 265 g/mol. The van der Waals surface area contributed by atoms with Crippen molar-refractivity contribution in [2.24, 2.45) is 0 Å². The zero-order valence-corrected chi connectivity index (χ0v) is 11.5. The van der Waals surface area contributed by atoms with E-state index >= 15 is 0 Å². The molecule has 1 unspecified atom stereocenters. The topological polar surface area (TPSA) is 69.2 Å². The molecule has 0 aliphatic heterocycles. The maximum Gasteiger partial charge on any atom is 0.0920 e. The van der Waals surface area contributed by atoms with Crippen LogP contribution in [0.2, 0.25) is 0 Å². The Balaban J connectivity index is 3.09. The molecule has 18 heavy (non-hydrogen) atoms. The maximum atomic E-state index is 9.51. The van der Waals surface area contributed by atoms with Gasteiger partial charge in [0.2, 0.25) is 0 Å². The number of hydroxylamine groups is 1. The third-order valence-corrected chi connectivity index (χ3v) is 2.14.